The van der Waals surface area contributed by atoms with Gasteiger partial charge in [-0.05, 0) is 37.3 Å². The summed E-state index contributed by atoms with van der Waals surface area (Å²) < 4.78 is 0. The summed E-state index contributed by atoms with van der Waals surface area (Å²) in [6.45, 7) is 5.43. The van der Waals surface area contributed by atoms with Crippen molar-refractivity contribution in [1.82, 2.24) is 10.6 Å². The number of rotatable bonds is 8. The second-order valence-corrected chi connectivity index (χ2v) is 6.32. The summed E-state index contributed by atoms with van der Waals surface area (Å²) in [4.78, 5) is 4.31. The first kappa shape index (κ1) is 17.9. The van der Waals surface area contributed by atoms with E-state index in [-0.39, 0.29) is 0 Å². The lowest BCUT2D eigenvalue weighted by Crippen LogP contribution is -2.44. The molecule has 21 heavy (non-hydrogen) atoms. The molecule has 1 rings (SSSR count). The molecule has 0 fully saturated rings. The maximum atomic E-state index is 4.31. The molecule has 0 amide bonds. The predicted molar refractivity (Wildman–Crippen MR) is 96.4 cm³/mol. The topological polar surface area (TPSA) is 36.4 Å². The standard InChI is InChI=1S/C17H29N3S/c1-14(16-10-6-5-7-11-16)15(2)20-17(18-3)19-12-8-9-13-21-4/h5-7,10-11,14-15H,8-9,12-13H2,1-4H3,(H2,18,19,20). The smallest absolute Gasteiger partial charge is 0.191 e. The van der Waals surface area contributed by atoms with Crippen molar-refractivity contribution in [3.05, 3.63) is 35.9 Å². The molecule has 0 aliphatic rings. The maximum Gasteiger partial charge on any atom is 0.191 e. The van der Waals surface area contributed by atoms with Gasteiger partial charge in [-0.15, -0.1) is 0 Å². The lowest BCUT2D eigenvalue weighted by molar-refractivity contribution is 0.549. The van der Waals surface area contributed by atoms with Crippen LogP contribution in [0.25, 0.3) is 0 Å². The first-order chi connectivity index (χ1) is 10.2. The zero-order chi connectivity index (χ0) is 15.5. The van der Waals surface area contributed by atoms with Crippen molar-refractivity contribution in [1.29, 1.82) is 0 Å². The highest BCUT2D eigenvalue weighted by atomic mass is 32.2. The molecule has 0 saturated heterocycles. The van der Waals surface area contributed by atoms with E-state index in [9.17, 15) is 0 Å². The third-order valence-electron chi connectivity index (χ3n) is 3.73. The number of hydrogen-bond acceptors (Lipinski definition) is 2. The molecule has 4 heteroatoms. The van der Waals surface area contributed by atoms with E-state index in [4.69, 9.17) is 0 Å². The summed E-state index contributed by atoms with van der Waals surface area (Å²) in [6, 6.07) is 10.9. The summed E-state index contributed by atoms with van der Waals surface area (Å²) in [5, 5.41) is 6.88. The summed E-state index contributed by atoms with van der Waals surface area (Å²) >= 11 is 1.90. The molecule has 1 aromatic carbocycles. The molecule has 0 aliphatic heterocycles. The molecule has 118 valence electrons. The highest BCUT2D eigenvalue weighted by Gasteiger charge is 2.14. The van der Waals surface area contributed by atoms with Gasteiger partial charge >= 0.3 is 0 Å². The first-order valence-electron chi connectivity index (χ1n) is 7.70. The Hall–Kier alpha value is -1.16. The highest BCUT2D eigenvalue weighted by molar-refractivity contribution is 7.98. The van der Waals surface area contributed by atoms with E-state index in [0.29, 0.717) is 12.0 Å². The third-order valence-corrected chi connectivity index (χ3v) is 4.43. The summed E-state index contributed by atoms with van der Waals surface area (Å²) in [5.74, 6) is 2.57. The van der Waals surface area contributed by atoms with E-state index in [0.717, 1.165) is 12.5 Å². The van der Waals surface area contributed by atoms with Crippen molar-refractivity contribution < 1.29 is 0 Å². The van der Waals surface area contributed by atoms with Crippen LogP contribution in [0.4, 0.5) is 0 Å². The maximum absolute atomic E-state index is 4.31. The Morgan fingerprint density at radius 1 is 1.19 bits per heavy atom. The van der Waals surface area contributed by atoms with Crippen molar-refractivity contribution >= 4 is 17.7 Å². The Labute approximate surface area is 134 Å². The summed E-state index contributed by atoms with van der Waals surface area (Å²) in [6.07, 6.45) is 4.59. The van der Waals surface area contributed by atoms with Crippen LogP contribution in [0.15, 0.2) is 35.3 Å². The fourth-order valence-electron chi connectivity index (χ4n) is 2.16. The minimum atomic E-state index is 0.338. The molecule has 0 radical (unpaired) electrons. The molecule has 2 unspecified atom stereocenters. The van der Waals surface area contributed by atoms with E-state index in [1.165, 1.54) is 24.2 Å². The number of nitrogens with zero attached hydrogens (tertiary/aromatic N) is 1. The van der Waals surface area contributed by atoms with Crippen LogP contribution >= 0.6 is 11.8 Å². The van der Waals surface area contributed by atoms with Crippen molar-refractivity contribution in [2.45, 2.75) is 38.6 Å². The van der Waals surface area contributed by atoms with Crippen LogP contribution in [-0.2, 0) is 0 Å². The van der Waals surface area contributed by atoms with E-state index in [2.05, 4.69) is 66.1 Å². The summed E-state index contributed by atoms with van der Waals surface area (Å²) in [7, 11) is 1.83. The van der Waals surface area contributed by atoms with Gasteiger partial charge in [0.2, 0.25) is 0 Å². The van der Waals surface area contributed by atoms with Gasteiger partial charge in [0.05, 0.1) is 0 Å². The van der Waals surface area contributed by atoms with Gasteiger partial charge in [-0.2, -0.15) is 11.8 Å². The van der Waals surface area contributed by atoms with Gasteiger partial charge in [-0.25, -0.2) is 0 Å². The van der Waals surface area contributed by atoms with Crippen LogP contribution in [0.5, 0.6) is 0 Å². The van der Waals surface area contributed by atoms with Crippen LogP contribution in [-0.4, -0.2) is 37.6 Å². The number of hydrogen-bond donors (Lipinski definition) is 2. The molecule has 2 atom stereocenters. The highest BCUT2D eigenvalue weighted by Crippen LogP contribution is 2.18. The lowest BCUT2D eigenvalue weighted by Gasteiger charge is -2.24. The Kier molecular flexibility index (Phi) is 8.99. The van der Waals surface area contributed by atoms with Gasteiger partial charge in [0.1, 0.15) is 0 Å². The molecule has 0 spiro atoms. The van der Waals surface area contributed by atoms with Gasteiger partial charge in [0, 0.05) is 25.6 Å². The van der Waals surface area contributed by atoms with Crippen molar-refractivity contribution in [3.8, 4) is 0 Å². The van der Waals surface area contributed by atoms with Gasteiger partial charge in [0.15, 0.2) is 5.96 Å². The zero-order valence-corrected chi connectivity index (χ0v) is 14.5. The molecule has 1 aromatic rings. The van der Waals surface area contributed by atoms with Crippen LogP contribution in [0.2, 0.25) is 0 Å². The second kappa shape index (κ2) is 10.6. The molecular formula is C17H29N3S. The third kappa shape index (κ3) is 6.89. The molecule has 3 nitrogen and oxygen atoms in total. The van der Waals surface area contributed by atoms with Crippen LogP contribution in [0.3, 0.4) is 0 Å². The second-order valence-electron chi connectivity index (χ2n) is 5.33. The van der Waals surface area contributed by atoms with E-state index < -0.39 is 0 Å². The van der Waals surface area contributed by atoms with E-state index in [1.807, 2.05) is 18.8 Å². The zero-order valence-electron chi connectivity index (χ0n) is 13.7. The minimum Gasteiger partial charge on any atom is -0.356 e. The predicted octanol–water partition coefficient (Wildman–Crippen LogP) is 3.49. The lowest BCUT2D eigenvalue weighted by atomic mass is 9.94. The van der Waals surface area contributed by atoms with Crippen molar-refractivity contribution in [2.24, 2.45) is 4.99 Å². The molecular weight excluding hydrogens is 278 g/mol. The average molecular weight is 308 g/mol. The summed E-state index contributed by atoms with van der Waals surface area (Å²) in [5.41, 5.74) is 1.35. The SMILES string of the molecule is CN=C(NCCCCSC)NC(C)C(C)c1ccccc1. The first-order valence-corrected chi connectivity index (χ1v) is 9.09. The number of benzene rings is 1. The fourth-order valence-corrected chi connectivity index (χ4v) is 2.65. The van der Waals surface area contributed by atoms with Crippen LogP contribution in [0.1, 0.15) is 38.2 Å². The molecule has 0 heterocycles. The molecule has 0 bridgehead atoms. The van der Waals surface area contributed by atoms with Gasteiger partial charge in [-0.3, -0.25) is 4.99 Å². The minimum absolute atomic E-state index is 0.338. The molecule has 2 N–H and O–H groups in total. The average Bonchev–Trinajstić information content (AvgIpc) is 2.53. The van der Waals surface area contributed by atoms with Gasteiger partial charge < -0.3 is 10.6 Å². The largest absolute Gasteiger partial charge is 0.356 e. The van der Waals surface area contributed by atoms with Crippen LogP contribution < -0.4 is 10.6 Å². The van der Waals surface area contributed by atoms with Crippen LogP contribution in [0, 0.1) is 0 Å². The Balaban J connectivity index is 2.38. The number of unbranched alkanes of at least 4 members (excludes halogenated alkanes) is 1. The normalized spacial score (nSPS) is 14.6. The van der Waals surface area contributed by atoms with E-state index in [1.54, 1.807) is 0 Å². The number of thioether (sulfide) groups is 1. The quantitative estimate of drug-likeness (QED) is 0.438. The van der Waals surface area contributed by atoms with Gasteiger partial charge in [-0.1, -0.05) is 37.3 Å². The molecule has 0 aromatic heterocycles. The Morgan fingerprint density at radius 3 is 2.52 bits per heavy atom. The van der Waals surface area contributed by atoms with Crippen molar-refractivity contribution in [2.75, 3.05) is 25.6 Å². The monoisotopic (exact) mass is 307 g/mol. The number of aliphatic imine (C=N–C) groups is 1. The van der Waals surface area contributed by atoms with E-state index >= 15 is 0 Å². The van der Waals surface area contributed by atoms with Crippen molar-refractivity contribution in [3.63, 3.8) is 0 Å². The Morgan fingerprint density at radius 2 is 1.90 bits per heavy atom. The number of guanidine groups is 1. The fraction of sp³-hybridized carbons (Fsp3) is 0.588. The van der Waals surface area contributed by atoms with Gasteiger partial charge in [0.25, 0.3) is 0 Å². The Bertz CT molecular complexity index is 406. The number of nitrogens with one attached hydrogen (secondary N) is 2. The molecule has 0 saturated carbocycles. The molecule has 0 aliphatic carbocycles.